The maximum absolute atomic E-state index is 10.4. The molecule has 0 heterocycles. The van der Waals surface area contributed by atoms with E-state index in [1.165, 1.54) is 14.2 Å². The predicted molar refractivity (Wildman–Crippen MR) is 31.8 cm³/mol. The van der Waals surface area contributed by atoms with E-state index < -0.39 is 5.97 Å². The van der Waals surface area contributed by atoms with E-state index >= 15 is 0 Å². The number of carbonyl (C=O) groups is 1. The molecule has 0 bridgehead atoms. The lowest BCUT2D eigenvalue weighted by Crippen LogP contribution is -2.11. The smallest absolute Gasteiger partial charge is 0.355 e. The van der Waals surface area contributed by atoms with E-state index in [2.05, 4.69) is 21.7 Å². The Kier molecular flexibility index (Phi) is 3.43. The van der Waals surface area contributed by atoms with Crippen molar-refractivity contribution in [2.75, 3.05) is 14.2 Å². The molecule has 0 fully saturated rings. The SMILES string of the molecule is [CH2]C(=NOC)C(=O)OC. The third-order valence-electron chi connectivity index (χ3n) is 0.623. The standard InChI is InChI=1S/C5H8NO3/c1-4(6-9-3)5(7)8-2/h1H2,2-3H3. The van der Waals surface area contributed by atoms with Crippen molar-refractivity contribution >= 4 is 11.7 Å². The molecule has 4 heteroatoms. The first-order valence-corrected chi connectivity index (χ1v) is 2.23. The van der Waals surface area contributed by atoms with Crippen LogP contribution in [0, 0.1) is 6.92 Å². The van der Waals surface area contributed by atoms with E-state index in [-0.39, 0.29) is 5.71 Å². The highest BCUT2D eigenvalue weighted by molar-refractivity contribution is 6.38. The number of hydrogen-bond donors (Lipinski definition) is 0. The lowest BCUT2D eigenvalue weighted by molar-refractivity contribution is -0.132. The minimum atomic E-state index is -0.586. The van der Waals surface area contributed by atoms with Gasteiger partial charge in [0.2, 0.25) is 0 Å². The number of ether oxygens (including phenoxy) is 1. The summed E-state index contributed by atoms with van der Waals surface area (Å²) in [4.78, 5) is 14.7. The summed E-state index contributed by atoms with van der Waals surface area (Å²) < 4.78 is 4.25. The van der Waals surface area contributed by atoms with Gasteiger partial charge in [-0.15, -0.1) is 0 Å². The van der Waals surface area contributed by atoms with E-state index in [0.29, 0.717) is 0 Å². The molecule has 0 aromatic carbocycles. The van der Waals surface area contributed by atoms with Crippen molar-refractivity contribution in [3.05, 3.63) is 6.92 Å². The quantitative estimate of drug-likeness (QED) is 0.300. The Labute approximate surface area is 53.4 Å². The fourth-order valence-electron chi connectivity index (χ4n) is 0.265. The number of oxime groups is 1. The van der Waals surface area contributed by atoms with Gasteiger partial charge in [0.15, 0.2) is 5.71 Å². The average molecular weight is 130 g/mol. The Morgan fingerprint density at radius 1 is 1.56 bits per heavy atom. The molecule has 51 valence electrons. The van der Waals surface area contributed by atoms with Gasteiger partial charge < -0.3 is 9.57 Å². The number of methoxy groups -OCH3 is 1. The second-order valence-electron chi connectivity index (χ2n) is 1.21. The highest BCUT2D eigenvalue weighted by Gasteiger charge is 2.03. The molecule has 0 saturated heterocycles. The summed E-state index contributed by atoms with van der Waals surface area (Å²) in [5.74, 6) is -0.586. The number of hydrogen-bond acceptors (Lipinski definition) is 4. The van der Waals surface area contributed by atoms with E-state index in [9.17, 15) is 4.79 Å². The zero-order valence-electron chi connectivity index (χ0n) is 5.38. The first-order valence-electron chi connectivity index (χ1n) is 2.23. The Morgan fingerprint density at radius 2 is 2.11 bits per heavy atom. The monoisotopic (exact) mass is 130 g/mol. The zero-order chi connectivity index (χ0) is 7.28. The van der Waals surface area contributed by atoms with E-state index in [4.69, 9.17) is 0 Å². The molecule has 0 N–H and O–H groups in total. The van der Waals surface area contributed by atoms with Crippen molar-refractivity contribution < 1.29 is 14.4 Å². The van der Waals surface area contributed by atoms with Gasteiger partial charge in [-0.3, -0.25) is 0 Å². The first kappa shape index (κ1) is 7.94. The highest BCUT2D eigenvalue weighted by Crippen LogP contribution is 1.80. The average Bonchev–Trinajstić information content (AvgIpc) is 1.87. The van der Waals surface area contributed by atoms with Gasteiger partial charge >= 0.3 is 5.97 Å². The lowest BCUT2D eigenvalue weighted by atomic mass is 10.4. The molecule has 1 radical (unpaired) electrons. The lowest BCUT2D eigenvalue weighted by Gasteiger charge is -1.94. The van der Waals surface area contributed by atoms with Gasteiger partial charge in [-0.05, 0) is 0 Å². The molecule has 0 amide bonds. The maximum Gasteiger partial charge on any atom is 0.355 e. The van der Waals surface area contributed by atoms with Crippen molar-refractivity contribution in [3.63, 3.8) is 0 Å². The molecule has 0 aromatic rings. The molecule has 4 nitrogen and oxygen atoms in total. The number of nitrogens with zero attached hydrogens (tertiary/aromatic N) is 1. The third kappa shape index (κ3) is 2.69. The van der Waals surface area contributed by atoms with Crippen molar-refractivity contribution in [2.45, 2.75) is 0 Å². The minimum Gasteiger partial charge on any atom is -0.464 e. The van der Waals surface area contributed by atoms with Crippen LogP contribution in [0.15, 0.2) is 5.16 Å². The Hall–Kier alpha value is -1.06. The normalized spacial score (nSPS) is 10.8. The molecule has 0 aliphatic rings. The molecule has 0 atom stereocenters. The van der Waals surface area contributed by atoms with Crippen LogP contribution in [0.4, 0.5) is 0 Å². The molecule has 0 spiro atoms. The van der Waals surface area contributed by atoms with Crippen LogP contribution >= 0.6 is 0 Å². The van der Waals surface area contributed by atoms with Crippen LogP contribution in [-0.4, -0.2) is 25.9 Å². The summed E-state index contributed by atoms with van der Waals surface area (Å²) in [6, 6.07) is 0. The summed E-state index contributed by atoms with van der Waals surface area (Å²) in [5, 5.41) is 3.23. The summed E-state index contributed by atoms with van der Waals surface area (Å²) in [5.41, 5.74) is -0.0417. The van der Waals surface area contributed by atoms with Gasteiger partial charge in [0, 0.05) is 6.92 Å². The van der Waals surface area contributed by atoms with Crippen LogP contribution in [0.5, 0.6) is 0 Å². The Morgan fingerprint density at radius 3 is 2.44 bits per heavy atom. The van der Waals surface area contributed by atoms with Crippen molar-refractivity contribution in [1.82, 2.24) is 0 Å². The van der Waals surface area contributed by atoms with E-state index in [1.807, 2.05) is 0 Å². The van der Waals surface area contributed by atoms with E-state index in [0.717, 1.165) is 0 Å². The number of esters is 1. The van der Waals surface area contributed by atoms with Crippen LogP contribution in [0.2, 0.25) is 0 Å². The molecule has 9 heavy (non-hydrogen) atoms. The topological polar surface area (TPSA) is 47.9 Å². The molecule has 0 saturated carbocycles. The molecule has 0 aromatic heterocycles. The molecule has 0 aliphatic heterocycles. The van der Waals surface area contributed by atoms with Crippen molar-refractivity contribution in [2.24, 2.45) is 5.16 Å². The van der Waals surface area contributed by atoms with Gasteiger partial charge in [0.1, 0.15) is 7.11 Å². The van der Waals surface area contributed by atoms with Crippen molar-refractivity contribution in [3.8, 4) is 0 Å². The summed E-state index contributed by atoms with van der Waals surface area (Å²) >= 11 is 0. The largest absolute Gasteiger partial charge is 0.464 e. The Balaban J connectivity index is 3.86. The fourth-order valence-corrected chi connectivity index (χ4v) is 0.265. The van der Waals surface area contributed by atoms with Crippen LogP contribution in [0.25, 0.3) is 0 Å². The molecular weight excluding hydrogens is 122 g/mol. The van der Waals surface area contributed by atoms with E-state index in [1.54, 1.807) is 0 Å². The van der Waals surface area contributed by atoms with Gasteiger partial charge in [-0.2, -0.15) is 0 Å². The predicted octanol–water partition coefficient (Wildman–Crippen LogP) is -0.00411. The van der Waals surface area contributed by atoms with Crippen LogP contribution < -0.4 is 0 Å². The van der Waals surface area contributed by atoms with Gasteiger partial charge in [-0.1, -0.05) is 5.16 Å². The van der Waals surface area contributed by atoms with Crippen LogP contribution in [0.1, 0.15) is 0 Å². The molecule has 0 rings (SSSR count). The second kappa shape index (κ2) is 3.88. The summed E-state index contributed by atoms with van der Waals surface area (Å²) in [6.45, 7) is 3.25. The second-order valence-corrected chi connectivity index (χ2v) is 1.21. The third-order valence-corrected chi connectivity index (χ3v) is 0.623. The summed E-state index contributed by atoms with van der Waals surface area (Å²) in [6.07, 6.45) is 0. The maximum atomic E-state index is 10.4. The zero-order valence-corrected chi connectivity index (χ0v) is 5.38. The Bertz CT molecular complexity index is 130. The van der Waals surface area contributed by atoms with Crippen LogP contribution in [-0.2, 0) is 14.4 Å². The minimum absolute atomic E-state index is 0.0417. The van der Waals surface area contributed by atoms with Crippen LogP contribution in [0.3, 0.4) is 0 Å². The summed E-state index contributed by atoms with van der Waals surface area (Å²) in [7, 11) is 2.58. The number of carbonyl (C=O) groups excluding carboxylic acids is 1. The van der Waals surface area contributed by atoms with Gasteiger partial charge in [0.25, 0.3) is 0 Å². The number of rotatable bonds is 2. The first-order chi connectivity index (χ1) is 4.22. The molecule has 0 aliphatic carbocycles. The molecular formula is C5H8NO3. The van der Waals surface area contributed by atoms with Crippen molar-refractivity contribution in [1.29, 1.82) is 0 Å². The van der Waals surface area contributed by atoms with Gasteiger partial charge in [-0.25, -0.2) is 4.79 Å². The molecule has 0 unspecified atom stereocenters. The fraction of sp³-hybridized carbons (Fsp3) is 0.400. The van der Waals surface area contributed by atoms with Gasteiger partial charge in [0.05, 0.1) is 7.11 Å². The highest BCUT2D eigenvalue weighted by atomic mass is 16.6.